The third-order valence-electron chi connectivity index (χ3n) is 3.55. The van der Waals surface area contributed by atoms with Crippen LogP contribution in [0.15, 0.2) is 54.1 Å². The highest BCUT2D eigenvalue weighted by Crippen LogP contribution is 2.27. The van der Waals surface area contributed by atoms with E-state index in [1.807, 2.05) is 48.7 Å². The van der Waals surface area contributed by atoms with Crippen molar-refractivity contribution in [2.45, 2.75) is 6.92 Å². The Morgan fingerprint density at radius 1 is 1.29 bits per heavy atom. The highest BCUT2D eigenvalue weighted by atomic mass is 32.2. The fourth-order valence-electron chi connectivity index (χ4n) is 2.40. The van der Waals surface area contributed by atoms with Gasteiger partial charge in [0.15, 0.2) is 0 Å². The molecule has 1 aromatic carbocycles. The number of pyridine rings is 1. The van der Waals surface area contributed by atoms with Gasteiger partial charge in [0, 0.05) is 6.20 Å². The van der Waals surface area contributed by atoms with Gasteiger partial charge in [-0.25, -0.2) is 4.98 Å². The standard InChI is InChI=1S/C18H17N3O2S/c1-13-7-8-19-16(9-13)20-17(22)10-21-15(11-24-12-18(21)23)14-5-3-2-4-6-14/h2-9,11H,10,12H2,1H3,(H,19,20,22). The Balaban J connectivity index is 1.76. The number of amides is 2. The van der Waals surface area contributed by atoms with E-state index in [1.54, 1.807) is 12.3 Å². The zero-order chi connectivity index (χ0) is 16.9. The summed E-state index contributed by atoms with van der Waals surface area (Å²) in [4.78, 5) is 30.3. The van der Waals surface area contributed by atoms with E-state index < -0.39 is 0 Å². The molecule has 0 aliphatic carbocycles. The molecule has 2 amide bonds. The number of rotatable bonds is 4. The van der Waals surface area contributed by atoms with Crippen molar-refractivity contribution in [3.63, 3.8) is 0 Å². The number of nitrogens with one attached hydrogen (secondary N) is 1. The smallest absolute Gasteiger partial charge is 0.245 e. The second-order valence-corrected chi connectivity index (χ2v) is 6.28. The largest absolute Gasteiger partial charge is 0.309 e. The van der Waals surface area contributed by atoms with Gasteiger partial charge in [-0.15, -0.1) is 11.8 Å². The minimum absolute atomic E-state index is 0.0320. The van der Waals surface area contributed by atoms with Crippen LogP contribution in [-0.4, -0.2) is 34.0 Å². The first-order valence-corrected chi connectivity index (χ1v) is 8.58. The van der Waals surface area contributed by atoms with Crippen LogP contribution in [0.3, 0.4) is 0 Å². The summed E-state index contributed by atoms with van der Waals surface area (Å²) in [7, 11) is 0. The Morgan fingerprint density at radius 3 is 2.83 bits per heavy atom. The van der Waals surface area contributed by atoms with Crippen molar-refractivity contribution < 1.29 is 9.59 Å². The maximum Gasteiger partial charge on any atom is 0.245 e. The van der Waals surface area contributed by atoms with Crippen LogP contribution in [0.25, 0.3) is 5.70 Å². The topological polar surface area (TPSA) is 62.3 Å². The van der Waals surface area contributed by atoms with E-state index in [-0.39, 0.29) is 18.4 Å². The van der Waals surface area contributed by atoms with E-state index in [9.17, 15) is 9.59 Å². The second kappa shape index (κ2) is 7.31. The first-order valence-electron chi connectivity index (χ1n) is 7.53. The zero-order valence-corrected chi connectivity index (χ0v) is 14.0. The summed E-state index contributed by atoms with van der Waals surface area (Å²) >= 11 is 1.45. The van der Waals surface area contributed by atoms with Gasteiger partial charge in [-0.1, -0.05) is 30.3 Å². The molecule has 0 fully saturated rings. The molecule has 0 radical (unpaired) electrons. The van der Waals surface area contributed by atoms with Crippen molar-refractivity contribution in [1.82, 2.24) is 9.88 Å². The molecule has 122 valence electrons. The van der Waals surface area contributed by atoms with E-state index >= 15 is 0 Å². The van der Waals surface area contributed by atoms with Crippen molar-refractivity contribution in [2.75, 3.05) is 17.6 Å². The summed E-state index contributed by atoms with van der Waals surface area (Å²) in [5, 5.41) is 4.67. The van der Waals surface area contributed by atoms with Crippen LogP contribution in [0.2, 0.25) is 0 Å². The minimum atomic E-state index is -0.268. The highest BCUT2D eigenvalue weighted by molar-refractivity contribution is 8.03. The molecular formula is C18H17N3O2S. The van der Waals surface area contributed by atoms with Crippen LogP contribution in [0.1, 0.15) is 11.1 Å². The molecule has 6 heteroatoms. The van der Waals surface area contributed by atoms with Crippen molar-refractivity contribution in [3.8, 4) is 0 Å². The average Bonchev–Trinajstić information content (AvgIpc) is 2.57. The summed E-state index contributed by atoms with van der Waals surface area (Å²) in [6.45, 7) is 1.90. The van der Waals surface area contributed by atoms with Gasteiger partial charge in [0.1, 0.15) is 12.4 Å². The molecule has 1 aliphatic heterocycles. The van der Waals surface area contributed by atoms with Crippen LogP contribution in [0.4, 0.5) is 5.82 Å². The lowest BCUT2D eigenvalue weighted by Crippen LogP contribution is -2.39. The van der Waals surface area contributed by atoms with Crippen LogP contribution in [-0.2, 0) is 9.59 Å². The molecule has 0 spiro atoms. The molecule has 0 bridgehead atoms. The van der Waals surface area contributed by atoms with Crippen LogP contribution >= 0.6 is 11.8 Å². The van der Waals surface area contributed by atoms with Gasteiger partial charge in [-0.3, -0.25) is 9.59 Å². The Labute approximate surface area is 144 Å². The molecule has 0 atom stereocenters. The number of anilines is 1. The van der Waals surface area contributed by atoms with Crippen molar-refractivity contribution >= 4 is 35.1 Å². The van der Waals surface area contributed by atoms with Gasteiger partial charge in [-0.2, -0.15) is 0 Å². The molecule has 0 saturated carbocycles. The predicted molar refractivity (Wildman–Crippen MR) is 96.2 cm³/mol. The van der Waals surface area contributed by atoms with E-state index in [4.69, 9.17) is 0 Å². The Hall–Kier alpha value is -2.60. The van der Waals surface area contributed by atoms with Gasteiger partial charge in [0.25, 0.3) is 0 Å². The number of hydrogen-bond acceptors (Lipinski definition) is 4. The number of nitrogens with zero attached hydrogens (tertiary/aromatic N) is 2. The lowest BCUT2D eigenvalue weighted by molar-refractivity contribution is -0.129. The predicted octanol–water partition coefficient (Wildman–Crippen LogP) is 2.90. The SMILES string of the molecule is Cc1ccnc(NC(=O)CN2C(=O)CSC=C2c2ccccc2)c1. The molecule has 2 aromatic rings. The van der Waals surface area contributed by atoms with Crippen LogP contribution < -0.4 is 5.32 Å². The number of benzene rings is 1. The van der Waals surface area contributed by atoms with Crippen molar-refractivity contribution in [1.29, 1.82) is 0 Å². The minimum Gasteiger partial charge on any atom is -0.309 e. The first kappa shape index (κ1) is 16.3. The molecule has 0 saturated heterocycles. The fraction of sp³-hybridized carbons (Fsp3) is 0.167. The number of hydrogen-bond donors (Lipinski definition) is 1. The third kappa shape index (κ3) is 3.83. The molecule has 1 N–H and O–H groups in total. The fourth-order valence-corrected chi connectivity index (χ4v) is 3.21. The second-order valence-electron chi connectivity index (χ2n) is 5.43. The van der Waals surface area contributed by atoms with Crippen LogP contribution in [0, 0.1) is 6.92 Å². The lowest BCUT2D eigenvalue weighted by Gasteiger charge is -2.28. The molecule has 0 unspecified atom stereocenters. The number of aromatic nitrogens is 1. The van der Waals surface area contributed by atoms with Gasteiger partial charge in [-0.05, 0) is 35.6 Å². The maximum absolute atomic E-state index is 12.3. The van der Waals surface area contributed by atoms with Gasteiger partial charge in [0.05, 0.1) is 11.4 Å². The summed E-state index contributed by atoms with van der Waals surface area (Å²) in [5.41, 5.74) is 2.68. The van der Waals surface area contributed by atoms with E-state index in [0.29, 0.717) is 11.6 Å². The van der Waals surface area contributed by atoms with Gasteiger partial charge >= 0.3 is 0 Å². The Morgan fingerprint density at radius 2 is 2.08 bits per heavy atom. The number of thioether (sulfide) groups is 1. The Bertz CT molecular complexity index is 790. The molecule has 2 heterocycles. The number of carbonyl (C=O) groups is 2. The molecule has 24 heavy (non-hydrogen) atoms. The number of aryl methyl sites for hydroxylation is 1. The Kier molecular flexibility index (Phi) is 4.96. The van der Waals surface area contributed by atoms with E-state index in [1.165, 1.54) is 16.7 Å². The normalized spacial score (nSPS) is 14.3. The maximum atomic E-state index is 12.3. The first-order chi connectivity index (χ1) is 11.6. The van der Waals surface area contributed by atoms with Crippen molar-refractivity contribution in [2.24, 2.45) is 0 Å². The molecule has 1 aliphatic rings. The number of carbonyl (C=O) groups excluding carboxylic acids is 2. The van der Waals surface area contributed by atoms with E-state index in [0.717, 1.165) is 16.8 Å². The quantitative estimate of drug-likeness (QED) is 0.930. The van der Waals surface area contributed by atoms with Gasteiger partial charge < -0.3 is 10.2 Å². The summed E-state index contributed by atoms with van der Waals surface area (Å²) in [5.74, 6) is 0.486. The van der Waals surface area contributed by atoms with E-state index in [2.05, 4.69) is 10.3 Å². The molecule has 3 rings (SSSR count). The average molecular weight is 339 g/mol. The summed E-state index contributed by atoms with van der Waals surface area (Å²) in [6, 6.07) is 13.2. The molecule has 1 aromatic heterocycles. The zero-order valence-electron chi connectivity index (χ0n) is 13.2. The van der Waals surface area contributed by atoms with Crippen molar-refractivity contribution in [3.05, 3.63) is 65.2 Å². The van der Waals surface area contributed by atoms with Crippen LogP contribution in [0.5, 0.6) is 0 Å². The molecule has 5 nitrogen and oxygen atoms in total. The summed E-state index contributed by atoms with van der Waals surface area (Å²) < 4.78 is 0. The molecular weight excluding hydrogens is 322 g/mol. The lowest BCUT2D eigenvalue weighted by atomic mass is 10.1. The monoisotopic (exact) mass is 339 g/mol. The third-order valence-corrected chi connectivity index (χ3v) is 4.35. The highest BCUT2D eigenvalue weighted by Gasteiger charge is 2.25. The van der Waals surface area contributed by atoms with Gasteiger partial charge in [0.2, 0.25) is 11.8 Å². The summed E-state index contributed by atoms with van der Waals surface area (Å²) in [6.07, 6.45) is 1.64.